The second-order valence-corrected chi connectivity index (χ2v) is 6.39. The van der Waals surface area contributed by atoms with E-state index >= 15 is 0 Å². The first-order valence-corrected chi connectivity index (χ1v) is 8.74. The lowest BCUT2D eigenvalue weighted by Crippen LogP contribution is -2.41. The van der Waals surface area contributed by atoms with E-state index in [1.54, 1.807) is 12.1 Å². The summed E-state index contributed by atoms with van der Waals surface area (Å²) < 4.78 is 20.9. The molecule has 0 spiro atoms. The number of nitrogens with zero attached hydrogens (tertiary/aromatic N) is 3. The van der Waals surface area contributed by atoms with Crippen molar-refractivity contribution in [1.82, 2.24) is 14.5 Å². The molecule has 1 amide bonds. The third-order valence-electron chi connectivity index (χ3n) is 4.78. The predicted molar refractivity (Wildman–Crippen MR) is 93.1 cm³/mol. The number of piperidine rings is 1. The van der Waals surface area contributed by atoms with E-state index in [2.05, 4.69) is 16.5 Å². The summed E-state index contributed by atoms with van der Waals surface area (Å²) >= 11 is 0. The van der Waals surface area contributed by atoms with Crippen LogP contribution in [-0.2, 0) is 17.6 Å². The maximum atomic E-state index is 13.8. The van der Waals surface area contributed by atoms with E-state index in [0.717, 1.165) is 31.6 Å². The van der Waals surface area contributed by atoms with Crippen molar-refractivity contribution in [1.29, 1.82) is 0 Å². The smallest absolute Gasteiger partial charge is 0.227 e. The van der Waals surface area contributed by atoms with E-state index in [4.69, 9.17) is 4.74 Å². The van der Waals surface area contributed by atoms with Gasteiger partial charge in [0.25, 0.3) is 0 Å². The molecule has 134 valence electrons. The molecule has 0 N–H and O–H groups in total. The molecule has 0 aliphatic carbocycles. The van der Waals surface area contributed by atoms with Crippen LogP contribution in [-0.4, -0.2) is 40.6 Å². The topological polar surface area (TPSA) is 47.4 Å². The third-order valence-corrected chi connectivity index (χ3v) is 4.78. The molecular weight excluding hydrogens is 321 g/mol. The number of ether oxygens (including phenoxy) is 1. The van der Waals surface area contributed by atoms with Crippen molar-refractivity contribution >= 4 is 5.91 Å². The summed E-state index contributed by atoms with van der Waals surface area (Å²) in [6.07, 6.45) is 6.91. The first-order valence-electron chi connectivity index (χ1n) is 8.74. The lowest BCUT2D eigenvalue weighted by atomic mass is 10.0. The summed E-state index contributed by atoms with van der Waals surface area (Å²) in [5, 5.41) is 0. The normalized spacial score (nSPS) is 17.6. The average Bonchev–Trinajstić information content (AvgIpc) is 3.11. The molecule has 25 heavy (non-hydrogen) atoms. The highest BCUT2D eigenvalue weighted by Crippen LogP contribution is 2.24. The SMILES string of the molecule is CCc1nccn1[C@@H]1CCCN(C(=O)Cc2ccc(OC)c(F)c2)C1. The number of amides is 1. The molecule has 0 bridgehead atoms. The predicted octanol–water partition coefficient (Wildman–Crippen LogP) is 3.00. The summed E-state index contributed by atoms with van der Waals surface area (Å²) in [4.78, 5) is 18.9. The van der Waals surface area contributed by atoms with Crippen LogP contribution in [0, 0.1) is 5.82 Å². The zero-order valence-electron chi connectivity index (χ0n) is 14.7. The number of carbonyl (C=O) groups is 1. The monoisotopic (exact) mass is 345 g/mol. The molecule has 1 aliphatic heterocycles. The van der Waals surface area contributed by atoms with Crippen LogP contribution in [0.4, 0.5) is 4.39 Å². The molecule has 1 aromatic carbocycles. The van der Waals surface area contributed by atoms with Crippen LogP contribution in [0.15, 0.2) is 30.6 Å². The summed E-state index contributed by atoms with van der Waals surface area (Å²) in [6, 6.07) is 4.95. The number of halogens is 1. The van der Waals surface area contributed by atoms with Gasteiger partial charge in [0.2, 0.25) is 5.91 Å². The van der Waals surface area contributed by atoms with Crippen molar-refractivity contribution in [3.8, 4) is 5.75 Å². The van der Waals surface area contributed by atoms with Gasteiger partial charge in [0.15, 0.2) is 11.6 Å². The Kier molecular flexibility index (Phi) is 5.36. The second kappa shape index (κ2) is 7.68. The number of benzene rings is 1. The Hall–Kier alpha value is -2.37. The Labute approximate surface area is 147 Å². The number of carbonyl (C=O) groups excluding carboxylic acids is 1. The molecule has 5 nitrogen and oxygen atoms in total. The highest BCUT2D eigenvalue weighted by atomic mass is 19.1. The van der Waals surface area contributed by atoms with Gasteiger partial charge in [-0.05, 0) is 30.5 Å². The molecular formula is C19H24FN3O2. The fraction of sp³-hybridized carbons (Fsp3) is 0.474. The van der Waals surface area contributed by atoms with Gasteiger partial charge in [-0.25, -0.2) is 9.37 Å². The van der Waals surface area contributed by atoms with E-state index in [1.807, 2.05) is 17.3 Å². The van der Waals surface area contributed by atoms with Crippen molar-refractivity contribution in [3.05, 3.63) is 47.8 Å². The van der Waals surface area contributed by atoms with Gasteiger partial charge in [-0.3, -0.25) is 4.79 Å². The largest absolute Gasteiger partial charge is 0.494 e. The number of imidazole rings is 1. The van der Waals surface area contributed by atoms with E-state index in [1.165, 1.54) is 13.2 Å². The first-order chi connectivity index (χ1) is 12.1. The fourth-order valence-electron chi connectivity index (χ4n) is 3.46. The zero-order valence-corrected chi connectivity index (χ0v) is 14.7. The third kappa shape index (κ3) is 3.83. The van der Waals surface area contributed by atoms with Gasteiger partial charge in [-0.1, -0.05) is 13.0 Å². The van der Waals surface area contributed by atoms with Gasteiger partial charge < -0.3 is 14.2 Å². The number of likely N-dealkylation sites (tertiary alicyclic amines) is 1. The van der Waals surface area contributed by atoms with Crippen molar-refractivity contribution in [3.63, 3.8) is 0 Å². The van der Waals surface area contributed by atoms with E-state index in [9.17, 15) is 9.18 Å². The number of aryl methyl sites for hydroxylation is 1. The Balaban J connectivity index is 1.67. The van der Waals surface area contributed by atoms with E-state index in [0.29, 0.717) is 12.1 Å². The molecule has 3 rings (SSSR count). The van der Waals surface area contributed by atoms with E-state index in [-0.39, 0.29) is 24.1 Å². The highest BCUT2D eigenvalue weighted by molar-refractivity contribution is 5.79. The Morgan fingerprint density at radius 3 is 3.00 bits per heavy atom. The molecule has 1 aromatic heterocycles. The first kappa shape index (κ1) is 17.5. The van der Waals surface area contributed by atoms with Crippen LogP contribution < -0.4 is 4.74 Å². The molecule has 2 heterocycles. The number of hydrogen-bond acceptors (Lipinski definition) is 3. The van der Waals surface area contributed by atoms with Gasteiger partial charge in [0.1, 0.15) is 5.82 Å². The number of aromatic nitrogens is 2. The van der Waals surface area contributed by atoms with Crippen LogP contribution in [0.3, 0.4) is 0 Å². The molecule has 1 atom stereocenters. The summed E-state index contributed by atoms with van der Waals surface area (Å²) in [5.74, 6) is 0.848. The Bertz CT molecular complexity index is 744. The molecule has 6 heteroatoms. The van der Waals surface area contributed by atoms with Crippen LogP contribution in [0.5, 0.6) is 5.75 Å². The van der Waals surface area contributed by atoms with Crippen LogP contribution in [0.1, 0.15) is 37.2 Å². The molecule has 0 radical (unpaired) electrons. The summed E-state index contributed by atoms with van der Waals surface area (Å²) in [6.45, 7) is 3.52. The van der Waals surface area contributed by atoms with Gasteiger partial charge in [0.05, 0.1) is 19.6 Å². The van der Waals surface area contributed by atoms with Gasteiger partial charge in [-0.15, -0.1) is 0 Å². The van der Waals surface area contributed by atoms with Crippen LogP contribution in [0.2, 0.25) is 0 Å². The quantitative estimate of drug-likeness (QED) is 0.837. The molecule has 1 aliphatic rings. The number of methoxy groups -OCH3 is 1. The minimum atomic E-state index is -0.435. The fourth-order valence-corrected chi connectivity index (χ4v) is 3.46. The Morgan fingerprint density at radius 2 is 2.28 bits per heavy atom. The maximum absolute atomic E-state index is 13.8. The van der Waals surface area contributed by atoms with Crippen molar-refractivity contribution in [2.24, 2.45) is 0 Å². The Morgan fingerprint density at radius 1 is 1.44 bits per heavy atom. The van der Waals surface area contributed by atoms with Crippen molar-refractivity contribution in [2.75, 3.05) is 20.2 Å². The maximum Gasteiger partial charge on any atom is 0.227 e. The van der Waals surface area contributed by atoms with Crippen LogP contribution in [0.25, 0.3) is 0 Å². The van der Waals surface area contributed by atoms with E-state index < -0.39 is 5.82 Å². The lowest BCUT2D eigenvalue weighted by Gasteiger charge is -2.34. The second-order valence-electron chi connectivity index (χ2n) is 6.39. The highest BCUT2D eigenvalue weighted by Gasteiger charge is 2.25. The van der Waals surface area contributed by atoms with Gasteiger partial charge in [0, 0.05) is 31.9 Å². The van der Waals surface area contributed by atoms with Gasteiger partial charge in [-0.2, -0.15) is 0 Å². The average molecular weight is 345 g/mol. The van der Waals surface area contributed by atoms with Crippen molar-refractivity contribution < 1.29 is 13.9 Å². The van der Waals surface area contributed by atoms with Gasteiger partial charge >= 0.3 is 0 Å². The molecule has 0 unspecified atom stereocenters. The van der Waals surface area contributed by atoms with Crippen LogP contribution >= 0.6 is 0 Å². The minimum absolute atomic E-state index is 0.0347. The molecule has 2 aromatic rings. The van der Waals surface area contributed by atoms with Crippen molar-refractivity contribution in [2.45, 2.75) is 38.6 Å². The zero-order chi connectivity index (χ0) is 17.8. The molecule has 0 saturated carbocycles. The number of hydrogen-bond donors (Lipinski definition) is 0. The summed E-state index contributed by atoms with van der Waals surface area (Å²) in [5.41, 5.74) is 0.669. The molecule has 1 saturated heterocycles. The lowest BCUT2D eigenvalue weighted by molar-refractivity contribution is -0.132. The summed E-state index contributed by atoms with van der Waals surface area (Å²) in [7, 11) is 1.43. The standard InChI is InChI=1S/C19H24FN3O2/c1-3-18-21-8-10-23(18)15-5-4-9-22(13-15)19(24)12-14-6-7-17(25-2)16(20)11-14/h6-8,10-11,15H,3-5,9,12-13H2,1-2H3/t15-/m1/s1. The number of rotatable bonds is 5. The minimum Gasteiger partial charge on any atom is -0.494 e. The molecule has 1 fully saturated rings.